The van der Waals surface area contributed by atoms with Crippen molar-refractivity contribution < 1.29 is 23.0 Å². The number of nitrogens with zero attached hydrogens (tertiary/aromatic N) is 2. The minimum absolute atomic E-state index is 0.342. The summed E-state index contributed by atoms with van der Waals surface area (Å²) in [5.74, 6) is 0.390. The second-order valence-electron chi connectivity index (χ2n) is 4.24. The molecule has 1 N–H and O–H groups in total. The fourth-order valence-corrected chi connectivity index (χ4v) is 1.93. The molecule has 0 saturated carbocycles. The Kier molecular flexibility index (Phi) is 3.71. The van der Waals surface area contributed by atoms with Crippen LogP contribution in [0.3, 0.4) is 0 Å². The van der Waals surface area contributed by atoms with E-state index >= 15 is 0 Å². The van der Waals surface area contributed by atoms with Gasteiger partial charge in [0, 0.05) is 11.8 Å². The van der Waals surface area contributed by atoms with Gasteiger partial charge in [0.05, 0.1) is 30.7 Å². The van der Waals surface area contributed by atoms with Crippen LogP contribution in [0.2, 0.25) is 0 Å². The molecular weight excluding hydrogens is 273 g/mol. The SMILES string of the molecule is COc1cccc(-n2cc(C(F)(F)F)cn2)c1[C@H](C)O. The van der Waals surface area contributed by atoms with Crippen LogP contribution in [0.15, 0.2) is 30.6 Å². The lowest BCUT2D eigenvalue weighted by Gasteiger charge is -2.15. The molecular formula is C13H13F3N2O2. The third-order valence-corrected chi connectivity index (χ3v) is 2.84. The van der Waals surface area contributed by atoms with Crippen LogP contribution in [0.5, 0.6) is 5.75 Å². The molecule has 0 spiro atoms. The lowest BCUT2D eigenvalue weighted by molar-refractivity contribution is -0.137. The summed E-state index contributed by atoms with van der Waals surface area (Å²) >= 11 is 0. The van der Waals surface area contributed by atoms with Gasteiger partial charge in [-0.3, -0.25) is 0 Å². The van der Waals surface area contributed by atoms with Gasteiger partial charge in [-0.15, -0.1) is 0 Å². The van der Waals surface area contributed by atoms with Gasteiger partial charge >= 0.3 is 6.18 Å². The Morgan fingerprint density at radius 3 is 2.55 bits per heavy atom. The number of aliphatic hydroxyl groups excluding tert-OH is 1. The maximum absolute atomic E-state index is 12.6. The van der Waals surface area contributed by atoms with Crippen molar-refractivity contribution in [1.29, 1.82) is 0 Å². The fourth-order valence-electron chi connectivity index (χ4n) is 1.93. The molecule has 1 heterocycles. The molecule has 0 aliphatic heterocycles. The third kappa shape index (κ3) is 2.62. The molecule has 0 bridgehead atoms. The zero-order chi connectivity index (χ0) is 14.9. The summed E-state index contributed by atoms with van der Waals surface area (Å²) < 4.78 is 44.0. The number of halogens is 3. The van der Waals surface area contributed by atoms with Crippen molar-refractivity contribution in [3.63, 3.8) is 0 Å². The van der Waals surface area contributed by atoms with Gasteiger partial charge in [-0.05, 0) is 19.1 Å². The van der Waals surface area contributed by atoms with Crippen LogP contribution in [-0.4, -0.2) is 22.0 Å². The van der Waals surface area contributed by atoms with E-state index < -0.39 is 17.8 Å². The van der Waals surface area contributed by atoms with E-state index in [2.05, 4.69) is 5.10 Å². The van der Waals surface area contributed by atoms with Crippen LogP contribution in [0.4, 0.5) is 13.2 Å². The summed E-state index contributed by atoms with van der Waals surface area (Å²) in [6.07, 6.45) is -3.74. The molecule has 1 aromatic heterocycles. The Morgan fingerprint density at radius 2 is 2.05 bits per heavy atom. The zero-order valence-electron chi connectivity index (χ0n) is 10.8. The van der Waals surface area contributed by atoms with Crippen molar-refractivity contribution in [1.82, 2.24) is 9.78 Å². The Balaban J connectivity index is 2.55. The number of hydrogen-bond acceptors (Lipinski definition) is 3. The molecule has 108 valence electrons. The molecule has 4 nitrogen and oxygen atoms in total. The predicted molar refractivity (Wildman–Crippen MR) is 65.8 cm³/mol. The second kappa shape index (κ2) is 5.16. The highest BCUT2D eigenvalue weighted by Gasteiger charge is 2.32. The van der Waals surface area contributed by atoms with Gasteiger partial charge in [0.25, 0.3) is 0 Å². The molecule has 1 atom stereocenters. The van der Waals surface area contributed by atoms with Crippen LogP contribution in [-0.2, 0) is 6.18 Å². The van der Waals surface area contributed by atoms with Crippen molar-refractivity contribution in [2.45, 2.75) is 19.2 Å². The normalized spacial score (nSPS) is 13.3. The van der Waals surface area contributed by atoms with Crippen molar-refractivity contribution >= 4 is 0 Å². The topological polar surface area (TPSA) is 47.3 Å². The Hall–Kier alpha value is -2.02. The zero-order valence-corrected chi connectivity index (χ0v) is 10.8. The predicted octanol–water partition coefficient (Wildman–Crippen LogP) is 2.95. The maximum atomic E-state index is 12.6. The quantitative estimate of drug-likeness (QED) is 0.943. The minimum Gasteiger partial charge on any atom is -0.496 e. The smallest absolute Gasteiger partial charge is 0.419 e. The monoisotopic (exact) mass is 286 g/mol. The first-order valence-electron chi connectivity index (χ1n) is 5.81. The molecule has 2 aromatic rings. The highest BCUT2D eigenvalue weighted by molar-refractivity contribution is 5.50. The van der Waals surface area contributed by atoms with Crippen LogP contribution in [0.1, 0.15) is 24.2 Å². The number of aromatic nitrogens is 2. The number of ether oxygens (including phenoxy) is 1. The van der Waals surface area contributed by atoms with E-state index in [1.54, 1.807) is 18.2 Å². The number of benzene rings is 1. The molecule has 0 amide bonds. The average Bonchev–Trinajstić information content (AvgIpc) is 2.86. The molecule has 7 heteroatoms. The summed E-state index contributed by atoms with van der Waals surface area (Å²) in [5.41, 5.74) is -0.126. The summed E-state index contributed by atoms with van der Waals surface area (Å²) in [5, 5.41) is 13.5. The first-order valence-corrected chi connectivity index (χ1v) is 5.81. The van der Waals surface area contributed by atoms with Gasteiger partial charge in [-0.1, -0.05) is 6.07 Å². The average molecular weight is 286 g/mol. The standard InChI is InChI=1S/C13H13F3N2O2/c1-8(19)12-10(4-3-5-11(12)20-2)18-7-9(6-17-18)13(14,15)16/h3-8,19H,1-2H3/t8-/m0/s1. The van der Waals surface area contributed by atoms with E-state index in [0.717, 1.165) is 17.1 Å². The van der Waals surface area contributed by atoms with Gasteiger partial charge in [0.15, 0.2) is 0 Å². The number of rotatable bonds is 3. The van der Waals surface area contributed by atoms with Gasteiger partial charge < -0.3 is 9.84 Å². The van der Waals surface area contributed by atoms with E-state index in [9.17, 15) is 18.3 Å². The van der Waals surface area contributed by atoms with Crippen molar-refractivity contribution in [3.05, 3.63) is 41.7 Å². The number of hydrogen-bond donors (Lipinski definition) is 1. The molecule has 0 saturated heterocycles. The van der Waals surface area contributed by atoms with Crippen LogP contribution < -0.4 is 4.74 Å². The summed E-state index contributed by atoms with van der Waals surface area (Å²) in [6.45, 7) is 1.51. The fraction of sp³-hybridized carbons (Fsp3) is 0.308. The second-order valence-corrected chi connectivity index (χ2v) is 4.24. The van der Waals surface area contributed by atoms with Crippen molar-refractivity contribution in [3.8, 4) is 11.4 Å². The number of aliphatic hydroxyl groups is 1. The number of methoxy groups -OCH3 is 1. The molecule has 0 aliphatic rings. The third-order valence-electron chi connectivity index (χ3n) is 2.84. The molecule has 20 heavy (non-hydrogen) atoms. The first kappa shape index (κ1) is 14.4. The van der Waals surface area contributed by atoms with E-state index in [1.165, 1.54) is 14.0 Å². The van der Waals surface area contributed by atoms with E-state index in [0.29, 0.717) is 17.0 Å². The highest BCUT2D eigenvalue weighted by Crippen LogP contribution is 2.33. The van der Waals surface area contributed by atoms with Gasteiger partial charge in [0.2, 0.25) is 0 Å². The molecule has 0 fully saturated rings. The summed E-state index contributed by atoms with van der Waals surface area (Å²) in [6, 6.07) is 4.81. The lowest BCUT2D eigenvalue weighted by Crippen LogP contribution is -2.06. The molecule has 0 radical (unpaired) electrons. The molecule has 0 aliphatic carbocycles. The van der Waals surface area contributed by atoms with Gasteiger partial charge in [0.1, 0.15) is 5.75 Å². The van der Waals surface area contributed by atoms with E-state index in [-0.39, 0.29) is 0 Å². The maximum Gasteiger partial charge on any atom is 0.419 e. The van der Waals surface area contributed by atoms with Crippen molar-refractivity contribution in [2.75, 3.05) is 7.11 Å². The molecule has 1 aromatic carbocycles. The minimum atomic E-state index is -4.46. The summed E-state index contributed by atoms with van der Waals surface area (Å²) in [4.78, 5) is 0. The Labute approximate surface area is 113 Å². The number of alkyl halides is 3. The Bertz CT molecular complexity index is 606. The summed E-state index contributed by atoms with van der Waals surface area (Å²) in [7, 11) is 1.43. The molecule has 0 unspecified atom stereocenters. The molecule has 2 rings (SSSR count). The Morgan fingerprint density at radius 1 is 1.35 bits per heavy atom. The largest absolute Gasteiger partial charge is 0.496 e. The van der Waals surface area contributed by atoms with Crippen LogP contribution >= 0.6 is 0 Å². The van der Waals surface area contributed by atoms with E-state index in [1.807, 2.05) is 0 Å². The highest BCUT2D eigenvalue weighted by atomic mass is 19.4. The lowest BCUT2D eigenvalue weighted by atomic mass is 10.1. The first-order chi connectivity index (χ1) is 9.34. The van der Waals surface area contributed by atoms with Gasteiger partial charge in [-0.25, -0.2) is 4.68 Å². The van der Waals surface area contributed by atoms with Crippen molar-refractivity contribution in [2.24, 2.45) is 0 Å². The van der Waals surface area contributed by atoms with Gasteiger partial charge in [-0.2, -0.15) is 18.3 Å². The van der Waals surface area contributed by atoms with Crippen LogP contribution in [0.25, 0.3) is 5.69 Å². The van der Waals surface area contributed by atoms with E-state index in [4.69, 9.17) is 4.74 Å². The van der Waals surface area contributed by atoms with Crippen LogP contribution in [0, 0.1) is 0 Å².